The van der Waals surface area contributed by atoms with Crippen LogP contribution >= 0.6 is 0 Å². The number of carbonyl (C=O) groups excluding carboxylic acids is 6. The monoisotopic (exact) mass is 670 g/mol. The number of carbonyl (C=O) groups is 7. The highest BCUT2D eigenvalue weighted by molar-refractivity contribution is 5.97. The molecule has 1 rings (SSSR count). The molecule has 0 radical (unpaired) electrons. The van der Waals surface area contributed by atoms with Gasteiger partial charge in [-0.15, -0.1) is 0 Å². The summed E-state index contributed by atoms with van der Waals surface area (Å²) in [5, 5.41) is 28.7. The Hall–Kier alpha value is -4.52. The zero-order chi connectivity index (χ0) is 36.0. The Morgan fingerprint density at radius 1 is 0.872 bits per heavy atom. The van der Waals surface area contributed by atoms with Crippen molar-refractivity contribution in [1.29, 1.82) is 0 Å². The molecule has 19 nitrogen and oxygen atoms in total. The van der Waals surface area contributed by atoms with Gasteiger partial charge in [0.2, 0.25) is 35.4 Å². The molecule has 1 aliphatic rings. The van der Waals surface area contributed by atoms with Gasteiger partial charge < -0.3 is 59.3 Å². The maximum absolute atomic E-state index is 13.9. The number of aliphatic imine (C=N–C) groups is 1. The van der Waals surface area contributed by atoms with Crippen LogP contribution in [0.2, 0.25) is 0 Å². The lowest BCUT2D eigenvalue weighted by Crippen LogP contribution is -2.59. The van der Waals surface area contributed by atoms with E-state index in [1.165, 1.54) is 11.8 Å². The second kappa shape index (κ2) is 19.2. The lowest BCUT2D eigenvalue weighted by Gasteiger charge is -2.31. The van der Waals surface area contributed by atoms with Crippen molar-refractivity contribution in [3.8, 4) is 0 Å². The molecule has 1 aliphatic heterocycles. The molecule has 0 unspecified atom stereocenters. The number of amides is 6. The van der Waals surface area contributed by atoms with E-state index in [9.17, 15) is 43.8 Å². The molecule has 1 fully saturated rings. The minimum absolute atomic E-state index is 0.0151. The summed E-state index contributed by atoms with van der Waals surface area (Å²) in [5.74, 6) is -6.45. The normalized spacial score (nSPS) is 18.1. The number of aliphatic hydroxyl groups is 1. The molecule has 0 saturated carbocycles. The van der Waals surface area contributed by atoms with Gasteiger partial charge >= 0.3 is 5.97 Å². The van der Waals surface area contributed by atoms with Gasteiger partial charge in [-0.1, -0.05) is 13.8 Å². The van der Waals surface area contributed by atoms with Crippen LogP contribution in [0.5, 0.6) is 0 Å². The number of nitrogens with one attached hydrogen (secondary N) is 4. The largest absolute Gasteiger partial charge is 0.480 e. The summed E-state index contributed by atoms with van der Waals surface area (Å²) in [6.07, 6.45) is -1.08. The minimum Gasteiger partial charge on any atom is -0.480 e. The van der Waals surface area contributed by atoms with Gasteiger partial charge in [0.25, 0.3) is 0 Å². The summed E-state index contributed by atoms with van der Waals surface area (Å²) < 4.78 is 0. The second-order valence-electron chi connectivity index (χ2n) is 12.0. The van der Waals surface area contributed by atoms with E-state index in [2.05, 4.69) is 26.3 Å². The lowest BCUT2D eigenvalue weighted by atomic mass is 10.0. The molecule has 0 aliphatic carbocycles. The Bertz CT molecular complexity index is 1170. The molecule has 0 bridgehead atoms. The number of nitrogens with zero attached hydrogens (tertiary/aromatic N) is 2. The summed E-state index contributed by atoms with van der Waals surface area (Å²) in [7, 11) is 0. The molecule has 1 heterocycles. The van der Waals surface area contributed by atoms with Crippen LogP contribution in [0.25, 0.3) is 0 Å². The standard InChI is InChI=1S/C28H50N10O9/c1-13(2)11-17(35-22(41)14(3)29)23(42)34-16(7-5-9-33-28(31)32)26(45)38-10-6-8-19(38)25(44)36-18(12-20(30)40)24(43)37-21(15(4)39)27(46)47/h13-19,21,39H,5-12,29H2,1-4H3,(H2,30,40)(H,34,42)(H,35,41)(H,36,44)(H,37,43)(H,46,47)(H4,31,32,33)/t14-,15+,16-,17-,18-,19-,21-/m0/s1. The van der Waals surface area contributed by atoms with Crippen LogP contribution in [0.3, 0.4) is 0 Å². The van der Waals surface area contributed by atoms with E-state index in [0.29, 0.717) is 6.42 Å². The van der Waals surface area contributed by atoms with E-state index in [4.69, 9.17) is 22.9 Å². The number of primary amides is 1. The number of aliphatic hydroxyl groups excluding tert-OH is 1. The predicted molar refractivity (Wildman–Crippen MR) is 169 cm³/mol. The molecule has 1 saturated heterocycles. The predicted octanol–water partition coefficient (Wildman–Crippen LogP) is -4.30. The third-order valence-electron chi connectivity index (χ3n) is 7.24. The highest BCUT2D eigenvalue weighted by atomic mass is 16.4. The molecule has 0 aromatic carbocycles. The van der Waals surface area contributed by atoms with Gasteiger partial charge in [-0.3, -0.25) is 33.8 Å². The quantitative estimate of drug-likeness (QED) is 0.0354. The van der Waals surface area contributed by atoms with Gasteiger partial charge in [0, 0.05) is 13.1 Å². The summed E-state index contributed by atoms with van der Waals surface area (Å²) >= 11 is 0. The topological polar surface area (TPSA) is 328 Å². The lowest BCUT2D eigenvalue weighted by molar-refractivity contribution is -0.146. The number of nitrogens with two attached hydrogens (primary N) is 4. The van der Waals surface area contributed by atoms with Crippen molar-refractivity contribution in [2.45, 2.75) is 109 Å². The summed E-state index contributed by atoms with van der Waals surface area (Å²) in [6.45, 7) is 6.54. The highest BCUT2D eigenvalue weighted by Crippen LogP contribution is 2.20. The number of hydrogen-bond donors (Lipinski definition) is 10. The molecule has 6 amide bonds. The average molecular weight is 671 g/mol. The number of hydrogen-bond acceptors (Lipinski definition) is 10. The van der Waals surface area contributed by atoms with Crippen LogP contribution in [0.1, 0.15) is 66.2 Å². The second-order valence-corrected chi connectivity index (χ2v) is 12.0. The van der Waals surface area contributed by atoms with E-state index in [-0.39, 0.29) is 50.7 Å². The number of aliphatic carboxylic acids is 1. The molecule has 19 heteroatoms. The van der Waals surface area contributed by atoms with Crippen LogP contribution < -0.4 is 44.2 Å². The van der Waals surface area contributed by atoms with Crippen LogP contribution in [0, 0.1) is 5.92 Å². The van der Waals surface area contributed by atoms with E-state index in [1.54, 1.807) is 0 Å². The first kappa shape index (κ1) is 40.5. The SMILES string of the molecule is CC(C)C[C@H](NC(=O)[C@H](C)N)C(=O)N[C@@H](CCCN=C(N)N)C(=O)N1CCC[C@H]1C(=O)N[C@@H](CC(N)=O)C(=O)N[C@H](C(=O)O)[C@@H](C)O. The van der Waals surface area contributed by atoms with Crippen LogP contribution in [0.15, 0.2) is 4.99 Å². The first-order valence-corrected chi connectivity index (χ1v) is 15.4. The van der Waals surface area contributed by atoms with Gasteiger partial charge in [0.05, 0.1) is 18.6 Å². The molecule has 0 spiro atoms. The third kappa shape index (κ3) is 13.8. The fraction of sp³-hybridized carbons (Fsp3) is 0.714. The first-order valence-electron chi connectivity index (χ1n) is 15.4. The molecule has 0 aromatic rings. The van der Waals surface area contributed by atoms with Gasteiger partial charge in [-0.05, 0) is 51.9 Å². The zero-order valence-corrected chi connectivity index (χ0v) is 27.2. The van der Waals surface area contributed by atoms with Gasteiger partial charge in [0.1, 0.15) is 24.2 Å². The summed E-state index contributed by atoms with van der Waals surface area (Å²) in [6, 6.07) is -7.54. The summed E-state index contributed by atoms with van der Waals surface area (Å²) in [5.41, 5.74) is 21.7. The van der Waals surface area contributed by atoms with Crippen LogP contribution in [0.4, 0.5) is 0 Å². The molecule has 266 valence electrons. The first-order chi connectivity index (χ1) is 21.8. The van der Waals surface area contributed by atoms with Crippen molar-refractivity contribution in [1.82, 2.24) is 26.2 Å². The smallest absolute Gasteiger partial charge is 0.328 e. The van der Waals surface area contributed by atoms with Gasteiger partial charge in [-0.2, -0.15) is 0 Å². The Balaban J connectivity index is 3.26. The summed E-state index contributed by atoms with van der Waals surface area (Å²) in [4.78, 5) is 94.1. The molecular weight excluding hydrogens is 620 g/mol. The van der Waals surface area contributed by atoms with E-state index in [1.807, 2.05) is 13.8 Å². The minimum atomic E-state index is -1.74. The Morgan fingerprint density at radius 2 is 1.47 bits per heavy atom. The Kier molecular flexibility index (Phi) is 16.6. The van der Waals surface area contributed by atoms with Crippen LogP contribution in [-0.2, 0) is 33.6 Å². The van der Waals surface area contributed by atoms with Crippen LogP contribution in [-0.4, -0.2) is 118 Å². The molecule has 7 atom stereocenters. The molecule has 47 heavy (non-hydrogen) atoms. The number of carboxylic acids is 1. The molecular formula is C28H50N10O9. The van der Waals surface area contributed by atoms with Crippen molar-refractivity contribution in [2.24, 2.45) is 33.8 Å². The fourth-order valence-corrected chi connectivity index (χ4v) is 4.86. The van der Waals surface area contributed by atoms with E-state index >= 15 is 0 Å². The van der Waals surface area contributed by atoms with Crippen molar-refractivity contribution in [2.75, 3.05) is 13.1 Å². The molecule has 0 aromatic heterocycles. The molecule has 14 N–H and O–H groups in total. The third-order valence-corrected chi connectivity index (χ3v) is 7.24. The van der Waals surface area contributed by atoms with Crippen molar-refractivity contribution in [3.63, 3.8) is 0 Å². The van der Waals surface area contributed by atoms with Crippen molar-refractivity contribution >= 4 is 47.4 Å². The Morgan fingerprint density at radius 3 is 1.98 bits per heavy atom. The Labute approximate surface area is 273 Å². The van der Waals surface area contributed by atoms with Gasteiger partial charge in [0.15, 0.2) is 12.0 Å². The average Bonchev–Trinajstić information content (AvgIpc) is 3.45. The highest BCUT2D eigenvalue weighted by Gasteiger charge is 2.40. The maximum Gasteiger partial charge on any atom is 0.328 e. The zero-order valence-electron chi connectivity index (χ0n) is 27.2. The number of guanidine groups is 1. The van der Waals surface area contributed by atoms with E-state index < -0.39 is 90.2 Å². The number of likely N-dealkylation sites (tertiary alicyclic amines) is 1. The van der Waals surface area contributed by atoms with Crippen molar-refractivity contribution < 1.29 is 43.8 Å². The number of carboxylic acid groups (broad SMARTS) is 1. The van der Waals surface area contributed by atoms with Gasteiger partial charge in [-0.25, -0.2) is 4.79 Å². The fourth-order valence-electron chi connectivity index (χ4n) is 4.86. The maximum atomic E-state index is 13.9. The van der Waals surface area contributed by atoms with Crippen molar-refractivity contribution in [3.05, 3.63) is 0 Å². The number of rotatable bonds is 19. The van der Waals surface area contributed by atoms with E-state index in [0.717, 1.165) is 6.92 Å².